The van der Waals surface area contributed by atoms with E-state index in [1.807, 2.05) is 9.80 Å². The number of hydrogen-bond acceptors (Lipinski definition) is 1. The summed E-state index contributed by atoms with van der Waals surface area (Å²) in [6.07, 6.45) is 8.17. The van der Waals surface area contributed by atoms with Gasteiger partial charge in [0.1, 0.15) is 0 Å². The Balaban J connectivity index is 1.93. The van der Waals surface area contributed by atoms with Gasteiger partial charge < -0.3 is 9.80 Å². The van der Waals surface area contributed by atoms with Gasteiger partial charge in [0, 0.05) is 26.2 Å². The minimum atomic E-state index is 0.259. The van der Waals surface area contributed by atoms with Crippen LogP contribution in [0.1, 0.15) is 39.0 Å². The van der Waals surface area contributed by atoms with Crippen LogP contribution in [-0.4, -0.2) is 42.0 Å². The molecule has 2 rings (SSSR count). The Kier molecular flexibility index (Phi) is 3.86. The summed E-state index contributed by atoms with van der Waals surface area (Å²) in [6, 6.07) is 0.259. The van der Waals surface area contributed by atoms with Gasteiger partial charge in [-0.25, -0.2) is 4.79 Å². The molecule has 0 unspecified atom stereocenters. The van der Waals surface area contributed by atoms with Crippen molar-refractivity contribution in [2.45, 2.75) is 39.0 Å². The van der Waals surface area contributed by atoms with Gasteiger partial charge in [0.15, 0.2) is 0 Å². The second-order valence-corrected chi connectivity index (χ2v) is 4.94. The van der Waals surface area contributed by atoms with E-state index in [4.69, 9.17) is 0 Å². The molecule has 0 aromatic heterocycles. The lowest BCUT2D eigenvalue weighted by atomic mass is 10.1. The van der Waals surface area contributed by atoms with E-state index < -0.39 is 0 Å². The minimum Gasteiger partial charge on any atom is -0.325 e. The smallest absolute Gasteiger partial charge is 0.320 e. The van der Waals surface area contributed by atoms with Gasteiger partial charge in [-0.3, -0.25) is 0 Å². The number of nitrogens with zero attached hydrogens (tertiary/aromatic N) is 2. The van der Waals surface area contributed by atoms with Crippen LogP contribution in [-0.2, 0) is 0 Å². The van der Waals surface area contributed by atoms with E-state index in [0.29, 0.717) is 0 Å². The van der Waals surface area contributed by atoms with E-state index in [-0.39, 0.29) is 6.03 Å². The molecule has 2 aliphatic heterocycles. The van der Waals surface area contributed by atoms with Crippen molar-refractivity contribution in [1.82, 2.24) is 9.80 Å². The zero-order valence-electron chi connectivity index (χ0n) is 10.2. The molecule has 1 saturated heterocycles. The standard InChI is InChI=1S/C13H22N2O/c1-12-7-6-10-15(11-12)13(16)14-8-4-2-3-5-9-14/h7H,2-6,8-11H2,1H3. The molecule has 16 heavy (non-hydrogen) atoms. The highest BCUT2D eigenvalue weighted by atomic mass is 16.2. The molecule has 0 saturated carbocycles. The number of likely N-dealkylation sites (tertiary alicyclic amines) is 1. The second-order valence-electron chi connectivity index (χ2n) is 4.94. The van der Waals surface area contributed by atoms with Crippen LogP contribution in [0.3, 0.4) is 0 Å². The number of urea groups is 1. The van der Waals surface area contributed by atoms with Crippen molar-refractivity contribution >= 4 is 6.03 Å². The van der Waals surface area contributed by atoms with E-state index in [9.17, 15) is 4.79 Å². The molecule has 0 aromatic carbocycles. The van der Waals surface area contributed by atoms with Crippen LogP contribution < -0.4 is 0 Å². The Morgan fingerprint density at radius 3 is 2.38 bits per heavy atom. The van der Waals surface area contributed by atoms with Crippen molar-refractivity contribution in [3.63, 3.8) is 0 Å². The lowest BCUT2D eigenvalue weighted by molar-refractivity contribution is 0.157. The van der Waals surface area contributed by atoms with Crippen molar-refractivity contribution in [2.75, 3.05) is 26.2 Å². The van der Waals surface area contributed by atoms with E-state index in [2.05, 4.69) is 13.0 Å². The molecule has 90 valence electrons. The maximum Gasteiger partial charge on any atom is 0.320 e. The molecule has 2 amide bonds. The van der Waals surface area contributed by atoms with Gasteiger partial charge in [-0.15, -0.1) is 0 Å². The molecule has 2 heterocycles. The number of carbonyl (C=O) groups excluding carboxylic acids is 1. The fourth-order valence-corrected chi connectivity index (χ4v) is 2.54. The van der Waals surface area contributed by atoms with Crippen LogP contribution in [0.2, 0.25) is 0 Å². The third-order valence-electron chi connectivity index (χ3n) is 3.48. The summed E-state index contributed by atoms with van der Waals surface area (Å²) in [5, 5.41) is 0. The second kappa shape index (κ2) is 5.37. The predicted molar refractivity (Wildman–Crippen MR) is 65.4 cm³/mol. The summed E-state index contributed by atoms with van der Waals surface area (Å²) in [7, 11) is 0. The highest BCUT2D eigenvalue weighted by Gasteiger charge is 2.22. The third-order valence-corrected chi connectivity index (χ3v) is 3.48. The highest BCUT2D eigenvalue weighted by Crippen LogP contribution is 2.15. The molecule has 0 bridgehead atoms. The zero-order valence-corrected chi connectivity index (χ0v) is 10.2. The summed E-state index contributed by atoms with van der Waals surface area (Å²) in [5.41, 5.74) is 1.33. The van der Waals surface area contributed by atoms with E-state index in [1.165, 1.54) is 31.3 Å². The van der Waals surface area contributed by atoms with Gasteiger partial charge in [0.2, 0.25) is 0 Å². The number of carbonyl (C=O) groups is 1. The monoisotopic (exact) mass is 222 g/mol. The van der Waals surface area contributed by atoms with Crippen molar-refractivity contribution < 1.29 is 4.79 Å². The van der Waals surface area contributed by atoms with Gasteiger partial charge in [-0.05, 0) is 26.2 Å². The predicted octanol–water partition coefficient (Wildman–Crippen LogP) is 2.63. The Bertz CT molecular complexity index is 278. The first kappa shape index (κ1) is 11.5. The van der Waals surface area contributed by atoms with Crippen molar-refractivity contribution in [1.29, 1.82) is 0 Å². The fourth-order valence-electron chi connectivity index (χ4n) is 2.54. The van der Waals surface area contributed by atoms with Gasteiger partial charge in [-0.2, -0.15) is 0 Å². The molecule has 3 nitrogen and oxygen atoms in total. The molecule has 0 radical (unpaired) electrons. The normalized spacial score (nSPS) is 22.7. The van der Waals surface area contributed by atoms with E-state index >= 15 is 0 Å². The zero-order chi connectivity index (χ0) is 11.4. The lowest BCUT2D eigenvalue weighted by Crippen LogP contribution is -2.45. The Morgan fingerprint density at radius 1 is 1.06 bits per heavy atom. The first-order valence-corrected chi connectivity index (χ1v) is 6.47. The maximum atomic E-state index is 12.3. The van der Waals surface area contributed by atoms with Crippen LogP contribution >= 0.6 is 0 Å². The summed E-state index contributed by atoms with van der Waals surface area (Å²) in [5.74, 6) is 0. The molecule has 0 aliphatic carbocycles. The third kappa shape index (κ3) is 2.77. The number of amides is 2. The van der Waals surface area contributed by atoms with Crippen LogP contribution in [0, 0.1) is 0 Å². The summed E-state index contributed by atoms with van der Waals surface area (Å²) >= 11 is 0. The maximum absolute atomic E-state index is 12.3. The van der Waals surface area contributed by atoms with Gasteiger partial charge >= 0.3 is 6.03 Å². The highest BCUT2D eigenvalue weighted by molar-refractivity contribution is 5.75. The topological polar surface area (TPSA) is 23.6 Å². The largest absolute Gasteiger partial charge is 0.325 e. The molecular formula is C13H22N2O. The van der Waals surface area contributed by atoms with Crippen molar-refractivity contribution in [3.05, 3.63) is 11.6 Å². The minimum absolute atomic E-state index is 0.259. The van der Waals surface area contributed by atoms with Crippen LogP contribution in [0.4, 0.5) is 4.79 Å². The van der Waals surface area contributed by atoms with Gasteiger partial charge in [0.25, 0.3) is 0 Å². The molecule has 3 heteroatoms. The first-order chi connectivity index (χ1) is 7.77. The van der Waals surface area contributed by atoms with Crippen molar-refractivity contribution in [3.8, 4) is 0 Å². The summed E-state index contributed by atoms with van der Waals surface area (Å²) < 4.78 is 0. The number of rotatable bonds is 0. The lowest BCUT2D eigenvalue weighted by Gasteiger charge is -2.32. The van der Waals surface area contributed by atoms with Crippen LogP contribution in [0.15, 0.2) is 11.6 Å². The Labute approximate surface area is 98.1 Å². The molecule has 2 aliphatic rings. The average molecular weight is 222 g/mol. The summed E-state index contributed by atoms with van der Waals surface area (Å²) in [6.45, 7) is 5.75. The van der Waals surface area contributed by atoms with Crippen LogP contribution in [0.25, 0.3) is 0 Å². The average Bonchev–Trinajstić information content (AvgIpc) is 2.56. The Hall–Kier alpha value is -0.990. The molecule has 1 fully saturated rings. The first-order valence-electron chi connectivity index (χ1n) is 6.47. The van der Waals surface area contributed by atoms with E-state index in [0.717, 1.165) is 32.6 Å². The molecule has 0 spiro atoms. The molecule has 0 aromatic rings. The molecular weight excluding hydrogens is 200 g/mol. The van der Waals surface area contributed by atoms with E-state index in [1.54, 1.807) is 0 Å². The Morgan fingerprint density at radius 2 is 1.75 bits per heavy atom. The fraction of sp³-hybridized carbons (Fsp3) is 0.769. The molecule has 0 N–H and O–H groups in total. The van der Waals surface area contributed by atoms with Crippen LogP contribution in [0.5, 0.6) is 0 Å². The van der Waals surface area contributed by atoms with Gasteiger partial charge in [0.05, 0.1) is 0 Å². The quantitative estimate of drug-likeness (QED) is 0.578. The van der Waals surface area contributed by atoms with Crippen molar-refractivity contribution in [2.24, 2.45) is 0 Å². The number of hydrogen-bond donors (Lipinski definition) is 0. The molecule has 0 atom stereocenters. The SMILES string of the molecule is CC1=CCCN(C(=O)N2CCCCCC2)C1. The van der Waals surface area contributed by atoms with Gasteiger partial charge in [-0.1, -0.05) is 24.5 Å². The summed E-state index contributed by atoms with van der Waals surface area (Å²) in [4.78, 5) is 16.3.